The molecule has 1 aliphatic rings. The number of carbonyl (C=O) groups is 1. The van der Waals surface area contributed by atoms with Crippen molar-refractivity contribution >= 4 is 11.7 Å². The van der Waals surface area contributed by atoms with Crippen molar-refractivity contribution in [2.45, 2.75) is 6.42 Å². The Balaban J connectivity index is 2.13. The Kier molecular flexibility index (Phi) is 2.23. The van der Waals surface area contributed by atoms with E-state index in [2.05, 4.69) is 17.5 Å². The summed E-state index contributed by atoms with van der Waals surface area (Å²) in [5.74, 6) is 0. The topological polar surface area (TPSA) is 49.3 Å². The zero-order valence-corrected chi connectivity index (χ0v) is 7.66. The Morgan fingerprint density at radius 3 is 3.00 bits per heavy atom. The Morgan fingerprint density at radius 1 is 1.43 bits per heavy atom. The first kappa shape index (κ1) is 8.81. The highest BCUT2D eigenvalue weighted by Gasteiger charge is 2.12. The number of carboxylic acid groups (broad SMARTS) is 1. The van der Waals surface area contributed by atoms with Crippen LogP contribution in [-0.4, -0.2) is 17.7 Å². The molecule has 14 heavy (non-hydrogen) atoms. The molecule has 1 aromatic carbocycles. The monoisotopic (exact) mass is 189 g/mol. The number of amides is 1. The van der Waals surface area contributed by atoms with Crippen molar-refractivity contribution in [3.8, 4) is 0 Å². The molecule has 2 rings (SSSR count). The second-order valence-electron chi connectivity index (χ2n) is 3.25. The van der Waals surface area contributed by atoms with E-state index >= 15 is 0 Å². The van der Waals surface area contributed by atoms with E-state index in [0.29, 0.717) is 6.54 Å². The third kappa shape index (κ3) is 1.62. The summed E-state index contributed by atoms with van der Waals surface area (Å²) in [6.45, 7) is 0.395. The minimum Gasteiger partial charge on any atom is -0.465 e. The second-order valence-corrected chi connectivity index (χ2v) is 3.25. The van der Waals surface area contributed by atoms with Gasteiger partial charge in [0, 0.05) is 6.54 Å². The van der Waals surface area contributed by atoms with Gasteiger partial charge in [0.25, 0.3) is 0 Å². The standard InChI is InChI=1S/C11H11NO2/c13-11(14)12-7-9-6-5-8-3-1-2-4-10(8)9/h1-4,6,12H,5,7H2,(H,13,14). The fourth-order valence-electron chi connectivity index (χ4n) is 1.69. The van der Waals surface area contributed by atoms with Gasteiger partial charge in [-0.2, -0.15) is 0 Å². The Bertz CT molecular complexity index is 396. The van der Waals surface area contributed by atoms with Gasteiger partial charge in [-0.25, -0.2) is 4.79 Å². The number of hydrogen-bond acceptors (Lipinski definition) is 1. The molecule has 0 saturated carbocycles. The zero-order chi connectivity index (χ0) is 9.97. The number of benzene rings is 1. The van der Waals surface area contributed by atoms with E-state index in [0.717, 1.165) is 12.0 Å². The van der Waals surface area contributed by atoms with E-state index in [1.165, 1.54) is 11.1 Å². The molecule has 1 aliphatic carbocycles. The summed E-state index contributed by atoms with van der Waals surface area (Å²) in [5, 5.41) is 10.9. The molecular weight excluding hydrogens is 178 g/mol. The van der Waals surface area contributed by atoms with Gasteiger partial charge >= 0.3 is 6.09 Å². The highest BCUT2D eigenvalue weighted by atomic mass is 16.4. The Labute approximate surface area is 82.1 Å². The van der Waals surface area contributed by atoms with Gasteiger partial charge in [-0.05, 0) is 23.1 Å². The summed E-state index contributed by atoms with van der Waals surface area (Å²) >= 11 is 0. The molecule has 0 heterocycles. The van der Waals surface area contributed by atoms with Crippen LogP contribution in [0.5, 0.6) is 0 Å². The number of hydrogen-bond donors (Lipinski definition) is 2. The van der Waals surface area contributed by atoms with Gasteiger partial charge in [0.1, 0.15) is 0 Å². The maximum absolute atomic E-state index is 10.3. The summed E-state index contributed by atoms with van der Waals surface area (Å²) in [5.41, 5.74) is 3.51. The van der Waals surface area contributed by atoms with Gasteiger partial charge < -0.3 is 10.4 Å². The van der Waals surface area contributed by atoms with Crippen molar-refractivity contribution in [2.24, 2.45) is 0 Å². The minimum absolute atomic E-state index is 0.395. The Morgan fingerprint density at radius 2 is 2.21 bits per heavy atom. The molecule has 0 aliphatic heterocycles. The smallest absolute Gasteiger partial charge is 0.404 e. The number of allylic oxidation sites excluding steroid dienone is 1. The summed E-state index contributed by atoms with van der Waals surface area (Å²) in [6, 6.07) is 8.07. The van der Waals surface area contributed by atoms with Crippen LogP contribution in [0.4, 0.5) is 4.79 Å². The molecule has 0 atom stereocenters. The van der Waals surface area contributed by atoms with Crippen LogP contribution in [0.15, 0.2) is 30.3 Å². The molecule has 1 amide bonds. The van der Waals surface area contributed by atoms with Gasteiger partial charge in [-0.3, -0.25) is 0 Å². The van der Waals surface area contributed by atoms with Gasteiger partial charge in [0.05, 0.1) is 0 Å². The fourth-order valence-corrected chi connectivity index (χ4v) is 1.69. The predicted molar refractivity (Wildman–Crippen MR) is 54.2 cm³/mol. The van der Waals surface area contributed by atoms with Crippen molar-refractivity contribution in [2.75, 3.05) is 6.54 Å². The summed E-state index contributed by atoms with van der Waals surface area (Å²) in [7, 11) is 0. The van der Waals surface area contributed by atoms with Crippen LogP contribution in [0.3, 0.4) is 0 Å². The summed E-state index contributed by atoms with van der Waals surface area (Å²) in [4.78, 5) is 10.3. The molecule has 0 aromatic heterocycles. The molecule has 3 nitrogen and oxygen atoms in total. The molecule has 1 aromatic rings. The SMILES string of the molecule is O=C(O)NCC1=CCc2ccccc21. The van der Waals surface area contributed by atoms with E-state index in [-0.39, 0.29) is 0 Å². The lowest BCUT2D eigenvalue weighted by molar-refractivity contribution is 0.196. The van der Waals surface area contributed by atoms with Gasteiger partial charge in [-0.1, -0.05) is 30.3 Å². The van der Waals surface area contributed by atoms with Crippen molar-refractivity contribution in [3.63, 3.8) is 0 Å². The highest BCUT2D eigenvalue weighted by molar-refractivity contribution is 5.77. The molecule has 0 saturated heterocycles. The highest BCUT2D eigenvalue weighted by Crippen LogP contribution is 2.26. The first-order valence-electron chi connectivity index (χ1n) is 4.51. The van der Waals surface area contributed by atoms with Crippen molar-refractivity contribution in [3.05, 3.63) is 41.5 Å². The maximum Gasteiger partial charge on any atom is 0.404 e. The van der Waals surface area contributed by atoms with Crippen LogP contribution >= 0.6 is 0 Å². The number of rotatable bonds is 2. The molecule has 2 N–H and O–H groups in total. The average Bonchev–Trinajstić information content (AvgIpc) is 2.58. The molecule has 0 fully saturated rings. The fraction of sp³-hybridized carbons (Fsp3) is 0.182. The third-order valence-corrected chi connectivity index (χ3v) is 2.36. The first-order valence-corrected chi connectivity index (χ1v) is 4.51. The van der Waals surface area contributed by atoms with Crippen LogP contribution in [0.2, 0.25) is 0 Å². The largest absolute Gasteiger partial charge is 0.465 e. The van der Waals surface area contributed by atoms with Gasteiger partial charge in [0.2, 0.25) is 0 Å². The number of nitrogens with one attached hydrogen (secondary N) is 1. The van der Waals surface area contributed by atoms with E-state index < -0.39 is 6.09 Å². The van der Waals surface area contributed by atoms with Gasteiger partial charge in [-0.15, -0.1) is 0 Å². The van der Waals surface area contributed by atoms with E-state index in [1.807, 2.05) is 18.2 Å². The lowest BCUT2D eigenvalue weighted by Crippen LogP contribution is -2.22. The predicted octanol–water partition coefficient (Wildman–Crippen LogP) is 1.89. The summed E-state index contributed by atoms with van der Waals surface area (Å²) < 4.78 is 0. The minimum atomic E-state index is -0.977. The maximum atomic E-state index is 10.3. The first-order chi connectivity index (χ1) is 6.77. The Hall–Kier alpha value is -1.77. The van der Waals surface area contributed by atoms with Crippen molar-refractivity contribution in [1.82, 2.24) is 5.32 Å². The van der Waals surface area contributed by atoms with Crippen LogP contribution in [0.1, 0.15) is 11.1 Å². The van der Waals surface area contributed by atoms with Crippen molar-refractivity contribution in [1.29, 1.82) is 0 Å². The number of fused-ring (bicyclic) bond motifs is 1. The zero-order valence-electron chi connectivity index (χ0n) is 7.66. The molecule has 0 radical (unpaired) electrons. The van der Waals surface area contributed by atoms with E-state index in [4.69, 9.17) is 5.11 Å². The van der Waals surface area contributed by atoms with E-state index in [9.17, 15) is 4.79 Å². The molecule has 0 spiro atoms. The summed E-state index contributed by atoms with van der Waals surface area (Å²) in [6.07, 6.45) is 2.00. The van der Waals surface area contributed by atoms with Crippen LogP contribution in [-0.2, 0) is 6.42 Å². The van der Waals surface area contributed by atoms with Crippen LogP contribution < -0.4 is 5.32 Å². The second kappa shape index (κ2) is 3.54. The molecule has 72 valence electrons. The average molecular weight is 189 g/mol. The quantitative estimate of drug-likeness (QED) is 0.746. The van der Waals surface area contributed by atoms with Crippen LogP contribution in [0.25, 0.3) is 5.57 Å². The van der Waals surface area contributed by atoms with E-state index in [1.54, 1.807) is 0 Å². The lowest BCUT2D eigenvalue weighted by Gasteiger charge is -2.04. The van der Waals surface area contributed by atoms with Gasteiger partial charge in [0.15, 0.2) is 0 Å². The third-order valence-electron chi connectivity index (χ3n) is 2.36. The van der Waals surface area contributed by atoms with Crippen molar-refractivity contribution < 1.29 is 9.90 Å². The molecular formula is C11H11NO2. The van der Waals surface area contributed by atoms with Crippen LogP contribution in [0, 0.1) is 0 Å². The normalized spacial score (nSPS) is 13.3. The molecule has 0 unspecified atom stereocenters. The molecule has 3 heteroatoms. The molecule has 0 bridgehead atoms. The lowest BCUT2D eigenvalue weighted by atomic mass is 10.1.